The Morgan fingerprint density at radius 1 is 1.39 bits per heavy atom. The highest BCUT2D eigenvalue weighted by Crippen LogP contribution is 2.14. The highest BCUT2D eigenvalue weighted by molar-refractivity contribution is 7.99. The molecule has 0 bridgehead atoms. The minimum absolute atomic E-state index is 0.163. The van der Waals surface area contributed by atoms with Gasteiger partial charge in [0.25, 0.3) is 0 Å². The lowest BCUT2D eigenvalue weighted by Crippen LogP contribution is -2.31. The molecule has 2 N–H and O–H groups in total. The average Bonchev–Trinajstić information content (AvgIpc) is 2.29. The van der Waals surface area contributed by atoms with Gasteiger partial charge in [0.2, 0.25) is 0 Å². The standard InChI is InChI=1S/C12H16F2N2OS/c1-8(2)18-6-5-15-12(17)16-11-7-9(13)3-4-10(11)14/h3-4,7-8H,5-6H2,1-2H3,(H2,15,16,17). The summed E-state index contributed by atoms with van der Waals surface area (Å²) in [6, 6.07) is 2.37. The van der Waals surface area contributed by atoms with E-state index in [-0.39, 0.29) is 5.69 Å². The van der Waals surface area contributed by atoms with E-state index < -0.39 is 17.7 Å². The Morgan fingerprint density at radius 2 is 2.11 bits per heavy atom. The van der Waals surface area contributed by atoms with Crippen LogP contribution in [0.4, 0.5) is 19.3 Å². The highest BCUT2D eigenvalue weighted by Gasteiger charge is 2.07. The van der Waals surface area contributed by atoms with Gasteiger partial charge in [0.15, 0.2) is 0 Å². The Labute approximate surface area is 109 Å². The first-order valence-corrected chi connectivity index (χ1v) is 6.65. The van der Waals surface area contributed by atoms with Crippen LogP contribution in [-0.4, -0.2) is 23.6 Å². The number of hydrogen-bond acceptors (Lipinski definition) is 2. The predicted molar refractivity (Wildman–Crippen MR) is 71.0 cm³/mol. The normalized spacial score (nSPS) is 10.5. The van der Waals surface area contributed by atoms with Crippen molar-refractivity contribution in [1.29, 1.82) is 0 Å². The van der Waals surface area contributed by atoms with Gasteiger partial charge < -0.3 is 10.6 Å². The molecular weight excluding hydrogens is 258 g/mol. The number of benzene rings is 1. The van der Waals surface area contributed by atoms with Crippen LogP contribution in [-0.2, 0) is 0 Å². The predicted octanol–water partition coefficient (Wildman–Crippen LogP) is 3.23. The Kier molecular flexibility index (Phi) is 5.91. The second kappa shape index (κ2) is 7.20. The molecule has 0 aliphatic heterocycles. The zero-order valence-electron chi connectivity index (χ0n) is 10.3. The highest BCUT2D eigenvalue weighted by atomic mass is 32.2. The number of hydrogen-bond donors (Lipinski definition) is 2. The Hall–Kier alpha value is -1.30. The van der Waals surface area contributed by atoms with E-state index in [4.69, 9.17) is 0 Å². The number of urea groups is 1. The second-order valence-corrected chi connectivity index (χ2v) is 5.61. The van der Waals surface area contributed by atoms with Gasteiger partial charge in [-0.15, -0.1) is 0 Å². The number of rotatable bonds is 5. The van der Waals surface area contributed by atoms with Crippen molar-refractivity contribution < 1.29 is 13.6 Å². The average molecular weight is 274 g/mol. The van der Waals surface area contributed by atoms with Crippen LogP contribution in [0.5, 0.6) is 0 Å². The number of carbonyl (C=O) groups is 1. The molecule has 0 unspecified atom stereocenters. The van der Waals surface area contributed by atoms with Gasteiger partial charge in [-0.05, 0) is 17.4 Å². The fraction of sp³-hybridized carbons (Fsp3) is 0.417. The van der Waals surface area contributed by atoms with Gasteiger partial charge in [0.05, 0.1) is 5.69 Å². The summed E-state index contributed by atoms with van der Waals surface area (Å²) in [5.41, 5.74) is -0.163. The fourth-order valence-electron chi connectivity index (χ4n) is 1.22. The quantitative estimate of drug-likeness (QED) is 0.809. The maximum Gasteiger partial charge on any atom is 0.319 e. The summed E-state index contributed by atoms with van der Waals surface area (Å²) in [4.78, 5) is 11.4. The van der Waals surface area contributed by atoms with E-state index in [1.165, 1.54) is 0 Å². The van der Waals surface area contributed by atoms with E-state index in [2.05, 4.69) is 24.5 Å². The monoisotopic (exact) mass is 274 g/mol. The molecule has 3 nitrogen and oxygen atoms in total. The summed E-state index contributed by atoms with van der Waals surface area (Å²) in [6.45, 7) is 4.60. The molecule has 0 aliphatic carbocycles. The number of thioether (sulfide) groups is 1. The van der Waals surface area contributed by atoms with Crippen LogP contribution in [0.1, 0.15) is 13.8 Å². The number of carbonyl (C=O) groups excluding carboxylic acids is 1. The van der Waals surface area contributed by atoms with E-state index in [0.717, 1.165) is 24.0 Å². The lowest BCUT2D eigenvalue weighted by molar-refractivity contribution is 0.252. The van der Waals surface area contributed by atoms with Crippen molar-refractivity contribution in [2.75, 3.05) is 17.6 Å². The molecule has 0 saturated heterocycles. The summed E-state index contributed by atoms with van der Waals surface area (Å²) < 4.78 is 26.1. The molecule has 0 fully saturated rings. The molecule has 0 radical (unpaired) electrons. The zero-order chi connectivity index (χ0) is 13.5. The number of nitrogens with one attached hydrogen (secondary N) is 2. The number of anilines is 1. The lowest BCUT2D eigenvalue weighted by Gasteiger charge is -2.09. The molecule has 1 rings (SSSR count). The second-order valence-electron chi connectivity index (χ2n) is 3.92. The Bertz CT molecular complexity index is 413. The van der Waals surface area contributed by atoms with Crippen molar-refractivity contribution in [3.8, 4) is 0 Å². The molecule has 0 aliphatic rings. The molecule has 0 aromatic heterocycles. The van der Waals surface area contributed by atoms with Crippen LogP contribution >= 0.6 is 11.8 Å². The molecule has 100 valence electrons. The van der Waals surface area contributed by atoms with E-state index in [0.29, 0.717) is 11.8 Å². The van der Waals surface area contributed by atoms with Crippen molar-refractivity contribution in [2.45, 2.75) is 19.1 Å². The summed E-state index contributed by atoms with van der Waals surface area (Å²) >= 11 is 1.71. The first-order chi connectivity index (χ1) is 8.49. The first kappa shape index (κ1) is 14.8. The smallest absolute Gasteiger partial charge is 0.319 e. The summed E-state index contributed by atoms with van der Waals surface area (Å²) in [5, 5.41) is 5.33. The van der Waals surface area contributed by atoms with Gasteiger partial charge >= 0.3 is 6.03 Å². The third-order valence-corrected chi connectivity index (χ3v) is 3.12. The van der Waals surface area contributed by atoms with Crippen LogP contribution in [0.3, 0.4) is 0 Å². The van der Waals surface area contributed by atoms with Crippen molar-refractivity contribution in [3.63, 3.8) is 0 Å². The topological polar surface area (TPSA) is 41.1 Å². The lowest BCUT2D eigenvalue weighted by atomic mass is 10.3. The Morgan fingerprint density at radius 3 is 2.78 bits per heavy atom. The van der Waals surface area contributed by atoms with Crippen LogP contribution in [0, 0.1) is 11.6 Å². The Balaban J connectivity index is 2.38. The molecule has 0 saturated carbocycles. The van der Waals surface area contributed by atoms with E-state index >= 15 is 0 Å². The van der Waals surface area contributed by atoms with Gasteiger partial charge in [-0.3, -0.25) is 0 Å². The summed E-state index contributed by atoms with van der Waals surface area (Å²) in [7, 11) is 0. The molecule has 1 aromatic rings. The fourth-order valence-corrected chi connectivity index (χ4v) is 1.91. The largest absolute Gasteiger partial charge is 0.337 e. The molecule has 2 amide bonds. The third-order valence-electron chi connectivity index (χ3n) is 2.02. The molecule has 0 heterocycles. The van der Waals surface area contributed by atoms with Gasteiger partial charge in [-0.1, -0.05) is 13.8 Å². The molecule has 18 heavy (non-hydrogen) atoms. The molecule has 6 heteroatoms. The first-order valence-electron chi connectivity index (χ1n) is 5.60. The third kappa shape index (κ3) is 5.35. The summed E-state index contributed by atoms with van der Waals surface area (Å²) in [6.07, 6.45) is 0. The van der Waals surface area contributed by atoms with Gasteiger partial charge in [-0.25, -0.2) is 13.6 Å². The van der Waals surface area contributed by atoms with Crippen LogP contribution < -0.4 is 10.6 Å². The van der Waals surface area contributed by atoms with Crippen molar-refractivity contribution in [2.24, 2.45) is 0 Å². The SMILES string of the molecule is CC(C)SCCNC(=O)Nc1cc(F)ccc1F. The van der Waals surface area contributed by atoms with Crippen LogP contribution in [0.15, 0.2) is 18.2 Å². The van der Waals surface area contributed by atoms with E-state index in [1.54, 1.807) is 11.8 Å². The maximum absolute atomic E-state index is 13.2. The van der Waals surface area contributed by atoms with Crippen LogP contribution in [0.25, 0.3) is 0 Å². The van der Waals surface area contributed by atoms with Crippen LogP contribution in [0.2, 0.25) is 0 Å². The summed E-state index contributed by atoms with van der Waals surface area (Å²) in [5.74, 6) is -0.485. The number of amides is 2. The van der Waals surface area contributed by atoms with Crippen molar-refractivity contribution >= 4 is 23.5 Å². The van der Waals surface area contributed by atoms with Crippen molar-refractivity contribution in [1.82, 2.24) is 5.32 Å². The zero-order valence-corrected chi connectivity index (χ0v) is 11.1. The number of halogens is 2. The molecule has 0 spiro atoms. The van der Waals surface area contributed by atoms with Gasteiger partial charge in [0.1, 0.15) is 11.6 Å². The molecule has 1 aromatic carbocycles. The molecular formula is C12H16F2N2OS. The maximum atomic E-state index is 13.2. The molecule has 0 atom stereocenters. The minimum Gasteiger partial charge on any atom is -0.337 e. The van der Waals surface area contributed by atoms with Gasteiger partial charge in [-0.2, -0.15) is 11.8 Å². The van der Waals surface area contributed by atoms with Gasteiger partial charge in [0, 0.05) is 18.4 Å². The van der Waals surface area contributed by atoms with E-state index in [9.17, 15) is 13.6 Å². The minimum atomic E-state index is -0.664. The van der Waals surface area contributed by atoms with Crippen molar-refractivity contribution in [3.05, 3.63) is 29.8 Å². The van der Waals surface area contributed by atoms with E-state index in [1.807, 2.05) is 0 Å².